The Balaban J connectivity index is 1.08. The molecule has 2 aromatic carbocycles. The van der Waals surface area contributed by atoms with E-state index in [1.807, 2.05) is 6.07 Å². The number of piperidine rings is 1. The van der Waals surface area contributed by atoms with Gasteiger partial charge in [-0.15, -0.1) is 0 Å². The van der Waals surface area contributed by atoms with Gasteiger partial charge in [0.25, 0.3) is 0 Å². The SMILES string of the molecule is OC1CN(c2cc(Nc3ccc(N4CCCC4)cc3)ncn2)CC[C@H]1N1CCc2ccccc2C1. The first-order chi connectivity index (χ1) is 17.2. The van der Waals surface area contributed by atoms with Gasteiger partial charge < -0.3 is 20.2 Å². The predicted octanol–water partition coefficient (Wildman–Crippen LogP) is 3.82. The summed E-state index contributed by atoms with van der Waals surface area (Å²) in [7, 11) is 0. The van der Waals surface area contributed by atoms with E-state index in [0.29, 0.717) is 6.54 Å². The lowest BCUT2D eigenvalue weighted by Gasteiger charge is -2.43. The first kappa shape index (κ1) is 22.3. The molecule has 2 atom stereocenters. The third-order valence-electron chi connectivity index (χ3n) is 7.76. The Morgan fingerprint density at radius 2 is 1.66 bits per heavy atom. The zero-order valence-electron chi connectivity index (χ0n) is 20.2. The molecule has 0 amide bonds. The molecular weight excluding hydrogens is 436 g/mol. The summed E-state index contributed by atoms with van der Waals surface area (Å²) in [6.07, 6.45) is 5.75. The second kappa shape index (κ2) is 9.84. The molecule has 0 radical (unpaired) electrons. The van der Waals surface area contributed by atoms with Crippen LogP contribution in [0.4, 0.5) is 23.0 Å². The summed E-state index contributed by atoms with van der Waals surface area (Å²) in [6, 6.07) is 19.4. The molecular formula is C28H34N6O. The van der Waals surface area contributed by atoms with Crippen molar-refractivity contribution < 1.29 is 5.11 Å². The molecule has 1 unspecified atom stereocenters. The molecule has 0 spiro atoms. The summed E-state index contributed by atoms with van der Waals surface area (Å²) in [5.74, 6) is 1.63. The molecule has 182 valence electrons. The van der Waals surface area contributed by atoms with E-state index >= 15 is 0 Å². The summed E-state index contributed by atoms with van der Waals surface area (Å²) >= 11 is 0. The Morgan fingerprint density at radius 3 is 2.46 bits per heavy atom. The van der Waals surface area contributed by atoms with Crippen LogP contribution in [-0.4, -0.2) is 64.8 Å². The average molecular weight is 471 g/mol. The van der Waals surface area contributed by atoms with E-state index in [1.54, 1.807) is 6.33 Å². The topological polar surface area (TPSA) is 67.8 Å². The van der Waals surface area contributed by atoms with Gasteiger partial charge >= 0.3 is 0 Å². The van der Waals surface area contributed by atoms with Crippen molar-refractivity contribution in [1.82, 2.24) is 14.9 Å². The third-order valence-corrected chi connectivity index (χ3v) is 7.76. The predicted molar refractivity (Wildman–Crippen MR) is 140 cm³/mol. The molecule has 7 heteroatoms. The van der Waals surface area contributed by atoms with Gasteiger partial charge in [0.05, 0.1) is 6.10 Å². The molecule has 35 heavy (non-hydrogen) atoms. The van der Waals surface area contributed by atoms with Crippen molar-refractivity contribution in [3.63, 3.8) is 0 Å². The zero-order chi connectivity index (χ0) is 23.6. The molecule has 7 nitrogen and oxygen atoms in total. The van der Waals surface area contributed by atoms with Crippen LogP contribution in [0.1, 0.15) is 30.4 Å². The highest BCUT2D eigenvalue weighted by Gasteiger charge is 2.34. The maximum atomic E-state index is 11.1. The Labute approximate surface area is 207 Å². The van der Waals surface area contributed by atoms with Gasteiger partial charge in [-0.25, -0.2) is 9.97 Å². The number of benzene rings is 2. The maximum Gasteiger partial charge on any atom is 0.135 e. The van der Waals surface area contributed by atoms with Gasteiger partial charge in [-0.2, -0.15) is 0 Å². The van der Waals surface area contributed by atoms with E-state index in [9.17, 15) is 5.11 Å². The van der Waals surface area contributed by atoms with E-state index in [2.05, 4.69) is 78.5 Å². The molecule has 6 rings (SSSR count). The lowest BCUT2D eigenvalue weighted by atomic mass is 9.94. The fourth-order valence-electron chi connectivity index (χ4n) is 5.82. The standard InChI is InChI=1S/C28H34N6O/c35-26-19-34(16-12-25(26)33-15-11-21-5-1-2-6-22(21)18-33)28-17-27(29-20-30-28)31-23-7-9-24(10-8-23)32-13-3-4-14-32/h1-2,5-10,17,20,25-26,35H,3-4,11-16,18-19H2,(H,29,30,31)/t25-,26?/m1/s1. The minimum Gasteiger partial charge on any atom is -0.390 e. The molecule has 0 saturated carbocycles. The number of nitrogens with zero attached hydrogens (tertiary/aromatic N) is 5. The number of nitrogens with one attached hydrogen (secondary N) is 1. The van der Waals surface area contributed by atoms with Crippen molar-refractivity contribution in [2.75, 3.05) is 47.8 Å². The largest absolute Gasteiger partial charge is 0.390 e. The lowest BCUT2D eigenvalue weighted by molar-refractivity contribution is 0.0293. The molecule has 0 bridgehead atoms. The van der Waals surface area contributed by atoms with E-state index in [0.717, 1.165) is 62.9 Å². The molecule has 3 aliphatic rings. The van der Waals surface area contributed by atoms with Gasteiger partial charge in [-0.1, -0.05) is 24.3 Å². The van der Waals surface area contributed by atoms with Crippen LogP contribution in [0.2, 0.25) is 0 Å². The lowest BCUT2D eigenvalue weighted by Crippen LogP contribution is -2.55. The van der Waals surface area contributed by atoms with Crippen LogP contribution in [0, 0.1) is 0 Å². The van der Waals surface area contributed by atoms with Gasteiger partial charge in [-0.05, 0) is 61.1 Å². The molecule has 3 aliphatic heterocycles. The summed E-state index contributed by atoms with van der Waals surface area (Å²) < 4.78 is 0. The molecule has 2 N–H and O–H groups in total. The van der Waals surface area contributed by atoms with Crippen molar-refractivity contribution in [3.8, 4) is 0 Å². The maximum absolute atomic E-state index is 11.1. The Kier molecular flexibility index (Phi) is 6.27. The van der Waals surface area contributed by atoms with Gasteiger partial charge in [0.1, 0.15) is 18.0 Å². The summed E-state index contributed by atoms with van der Waals surface area (Å²) in [6.45, 7) is 5.70. The van der Waals surface area contributed by atoms with Crippen LogP contribution in [-0.2, 0) is 13.0 Å². The smallest absolute Gasteiger partial charge is 0.135 e. The van der Waals surface area contributed by atoms with Crippen molar-refractivity contribution in [3.05, 3.63) is 72.1 Å². The highest BCUT2D eigenvalue weighted by atomic mass is 16.3. The van der Waals surface area contributed by atoms with Gasteiger partial charge in [-0.3, -0.25) is 4.90 Å². The van der Waals surface area contributed by atoms with E-state index in [-0.39, 0.29) is 6.04 Å². The van der Waals surface area contributed by atoms with Crippen molar-refractivity contribution in [2.24, 2.45) is 0 Å². The number of rotatable bonds is 5. The fourth-order valence-corrected chi connectivity index (χ4v) is 5.82. The minimum absolute atomic E-state index is 0.188. The van der Waals surface area contributed by atoms with Crippen LogP contribution < -0.4 is 15.1 Å². The van der Waals surface area contributed by atoms with Gasteiger partial charge in [0.2, 0.25) is 0 Å². The number of aliphatic hydroxyl groups excluding tert-OH is 1. The van der Waals surface area contributed by atoms with Crippen LogP contribution in [0.25, 0.3) is 0 Å². The summed E-state index contributed by atoms with van der Waals surface area (Å²) in [5.41, 5.74) is 5.14. The van der Waals surface area contributed by atoms with Crippen molar-refractivity contribution in [1.29, 1.82) is 0 Å². The number of anilines is 4. The number of β-amino-alcohol motifs (C(OH)–C–C–N with tert-alkyl or cyclic N) is 1. The Morgan fingerprint density at radius 1 is 0.857 bits per heavy atom. The first-order valence-corrected chi connectivity index (χ1v) is 12.9. The van der Waals surface area contributed by atoms with Crippen LogP contribution in [0.5, 0.6) is 0 Å². The van der Waals surface area contributed by atoms with E-state index in [4.69, 9.17) is 0 Å². The average Bonchev–Trinajstić information content (AvgIpc) is 3.44. The van der Waals surface area contributed by atoms with Gasteiger partial charge in [0, 0.05) is 62.8 Å². The normalized spacial score (nSPS) is 22.8. The summed E-state index contributed by atoms with van der Waals surface area (Å²) in [4.78, 5) is 16.0. The Hall–Kier alpha value is -3.16. The van der Waals surface area contributed by atoms with Crippen molar-refractivity contribution in [2.45, 2.75) is 44.4 Å². The molecule has 2 fully saturated rings. The second-order valence-electron chi connectivity index (χ2n) is 9.99. The third kappa shape index (κ3) is 4.83. The van der Waals surface area contributed by atoms with Crippen LogP contribution in [0.15, 0.2) is 60.9 Å². The van der Waals surface area contributed by atoms with E-state index < -0.39 is 6.10 Å². The van der Waals surface area contributed by atoms with Crippen molar-refractivity contribution >= 4 is 23.0 Å². The van der Waals surface area contributed by atoms with Crippen LogP contribution >= 0.6 is 0 Å². The first-order valence-electron chi connectivity index (χ1n) is 12.9. The number of fused-ring (bicyclic) bond motifs is 1. The van der Waals surface area contributed by atoms with Crippen LogP contribution in [0.3, 0.4) is 0 Å². The number of aliphatic hydroxyl groups is 1. The minimum atomic E-state index is -0.404. The second-order valence-corrected chi connectivity index (χ2v) is 9.99. The van der Waals surface area contributed by atoms with Gasteiger partial charge in [0.15, 0.2) is 0 Å². The molecule has 0 aliphatic carbocycles. The fraction of sp³-hybridized carbons (Fsp3) is 0.429. The highest BCUT2D eigenvalue weighted by molar-refractivity contribution is 5.62. The molecule has 1 aromatic heterocycles. The molecule has 4 heterocycles. The van der Waals surface area contributed by atoms with E-state index in [1.165, 1.54) is 29.7 Å². The summed E-state index contributed by atoms with van der Waals surface area (Å²) in [5, 5.41) is 14.5. The zero-order valence-corrected chi connectivity index (χ0v) is 20.2. The Bertz CT molecular complexity index is 1150. The number of hydrogen-bond acceptors (Lipinski definition) is 7. The highest BCUT2D eigenvalue weighted by Crippen LogP contribution is 2.28. The monoisotopic (exact) mass is 470 g/mol. The number of aromatic nitrogens is 2. The molecule has 3 aromatic rings. The quantitative estimate of drug-likeness (QED) is 0.588. The number of hydrogen-bond donors (Lipinski definition) is 2. The molecule has 2 saturated heterocycles.